The summed E-state index contributed by atoms with van der Waals surface area (Å²) in [5, 5.41) is 9.34. The van der Waals surface area contributed by atoms with Crippen LogP contribution in [0.25, 0.3) is 0 Å². The van der Waals surface area contributed by atoms with E-state index >= 15 is 0 Å². The number of rotatable bonds is 2. The fraction of sp³-hybridized carbons (Fsp3) is 0.400. The van der Waals surface area contributed by atoms with E-state index in [2.05, 4.69) is 15.9 Å². The zero-order chi connectivity index (χ0) is 10.0. The van der Waals surface area contributed by atoms with Gasteiger partial charge in [0.1, 0.15) is 0 Å². The third-order valence-corrected chi connectivity index (χ3v) is 2.75. The normalized spacial score (nSPS) is 15.5. The molecule has 0 unspecified atom stereocenters. The fourth-order valence-corrected chi connectivity index (χ4v) is 1.69. The van der Waals surface area contributed by atoms with Crippen molar-refractivity contribution in [2.24, 2.45) is 5.73 Å². The van der Waals surface area contributed by atoms with Gasteiger partial charge in [0, 0.05) is 4.47 Å². The molecule has 1 rings (SSSR count). The molecule has 0 aliphatic heterocycles. The molecule has 0 aliphatic carbocycles. The van der Waals surface area contributed by atoms with Crippen molar-refractivity contribution < 1.29 is 5.11 Å². The number of benzene rings is 1. The summed E-state index contributed by atoms with van der Waals surface area (Å²) < 4.78 is 0.950. The van der Waals surface area contributed by atoms with Crippen LogP contribution in [0, 0.1) is 6.92 Å². The van der Waals surface area contributed by atoms with Crippen LogP contribution < -0.4 is 5.73 Å². The molecular weight excluding hydrogens is 230 g/mol. The van der Waals surface area contributed by atoms with Crippen LogP contribution in [0.3, 0.4) is 0 Å². The lowest BCUT2D eigenvalue weighted by Gasteiger charge is -2.17. The minimum atomic E-state index is -0.530. The van der Waals surface area contributed by atoms with E-state index in [1.165, 1.54) is 0 Å². The van der Waals surface area contributed by atoms with E-state index in [9.17, 15) is 5.11 Å². The van der Waals surface area contributed by atoms with E-state index in [1.54, 1.807) is 6.92 Å². The van der Waals surface area contributed by atoms with Crippen LogP contribution in [-0.2, 0) is 0 Å². The van der Waals surface area contributed by atoms with Crippen molar-refractivity contribution in [2.75, 3.05) is 0 Å². The van der Waals surface area contributed by atoms with Crippen molar-refractivity contribution in [2.45, 2.75) is 26.0 Å². The lowest BCUT2D eigenvalue weighted by molar-refractivity contribution is 0.164. The summed E-state index contributed by atoms with van der Waals surface area (Å²) in [6, 6.07) is 5.62. The van der Waals surface area contributed by atoms with Crippen LogP contribution >= 0.6 is 15.9 Å². The SMILES string of the molecule is Cc1ccc(Br)c([C@H](N)[C@H](C)O)c1. The van der Waals surface area contributed by atoms with E-state index < -0.39 is 6.10 Å². The highest BCUT2D eigenvalue weighted by atomic mass is 79.9. The Balaban J connectivity index is 3.05. The molecular formula is C10H14BrNO. The Kier molecular flexibility index (Phi) is 3.47. The molecule has 0 aliphatic rings. The van der Waals surface area contributed by atoms with Crippen LogP contribution in [0.1, 0.15) is 24.1 Å². The molecule has 0 saturated heterocycles. The van der Waals surface area contributed by atoms with Crippen molar-refractivity contribution in [1.82, 2.24) is 0 Å². The van der Waals surface area contributed by atoms with Gasteiger partial charge >= 0.3 is 0 Å². The molecule has 2 nitrogen and oxygen atoms in total. The van der Waals surface area contributed by atoms with Gasteiger partial charge in [-0.15, -0.1) is 0 Å². The van der Waals surface area contributed by atoms with Gasteiger partial charge < -0.3 is 10.8 Å². The van der Waals surface area contributed by atoms with Gasteiger partial charge in [0.25, 0.3) is 0 Å². The number of aryl methyl sites for hydroxylation is 1. The molecule has 13 heavy (non-hydrogen) atoms. The zero-order valence-corrected chi connectivity index (χ0v) is 9.38. The van der Waals surface area contributed by atoms with Crippen LogP contribution in [0.4, 0.5) is 0 Å². The van der Waals surface area contributed by atoms with Crippen LogP contribution in [-0.4, -0.2) is 11.2 Å². The van der Waals surface area contributed by atoms with E-state index in [0.717, 1.165) is 15.6 Å². The summed E-state index contributed by atoms with van der Waals surface area (Å²) in [4.78, 5) is 0. The Labute approximate surface area is 86.9 Å². The molecule has 0 heterocycles. The summed E-state index contributed by atoms with van der Waals surface area (Å²) in [7, 11) is 0. The molecule has 0 spiro atoms. The Morgan fingerprint density at radius 2 is 2.08 bits per heavy atom. The number of hydrogen-bond acceptors (Lipinski definition) is 2. The van der Waals surface area contributed by atoms with Gasteiger partial charge in [-0.05, 0) is 25.5 Å². The lowest BCUT2D eigenvalue weighted by Crippen LogP contribution is -2.23. The monoisotopic (exact) mass is 243 g/mol. The Bertz CT molecular complexity index is 299. The molecule has 72 valence electrons. The maximum Gasteiger partial charge on any atom is 0.0705 e. The standard InChI is InChI=1S/C10H14BrNO/c1-6-3-4-9(11)8(5-6)10(12)7(2)13/h3-5,7,10,13H,12H2,1-2H3/t7-,10+/m0/s1. The number of hydrogen-bond donors (Lipinski definition) is 2. The van der Waals surface area contributed by atoms with E-state index in [-0.39, 0.29) is 6.04 Å². The maximum atomic E-state index is 9.34. The molecule has 2 atom stereocenters. The Hall–Kier alpha value is -0.380. The third kappa shape index (κ3) is 2.53. The van der Waals surface area contributed by atoms with Crippen molar-refractivity contribution in [3.8, 4) is 0 Å². The minimum absolute atomic E-state index is 0.325. The lowest BCUT2D eigenvalue weighted by atomic mass is 10.0. The average Bonchev–Trinajstić information content (AvgIpc) is 2.08. The van der Waals surface area contributed by atoms with E-state index in [4.69, 9.17) is 5.73 Å². The minimum Gasteiger partial charge on any atom is -0.391 e. The highest BCUT2D eigenvalue weighted by Gasteiger charge is 2.14. The first kappa shape index (κ1) is 10.7. The summed E-state index contributed by atoms with van der Waals surface area (Å²) in [6.45, 7) is 3.70. The van der Waals surface area contributed by atoms with Gasteiger partial charge in [0.05, 0.1) is 12.1 Å². The van der Waals surface area contributed by atoms with Crippen molar-refractivity contribution in [1.29, 1.82) is 0 Å². The molecule has 0 aromatic heterocycles. The van der Waals surface area contributed by atoms with Crippen LogP contribution in [0.15, 0.2) is 22.7 Å². The van der Waals surface area contributed by atoms with Gasteiger partial charge in [0.2, 0.25) is 0 Å². The fourth-order valence-electron chi connectivity index (χ4n) is 1.18. The topological polar surface area (TPSA) is 46.2 Å². The second-order valence-corrected chi connectivity index (χ2v) is 4.15. The number of aliphatic hydroxyl groups is 1. The van der Waals surface area contributed by atoms with Crippen molar-refractivity contribution >= 4 is 15.9 Å². The van der Waals surface area contributed by atoms with E-state index in [1.807, 2.05) is 25.1 Å². The maximum absolute atomic E-state index is 9.34. The zero-order valence-electron chi connectivity index (χ0n) is 7.79. The summed E-state index contributed by atoms with van der Waals surface area (Å²) in [5.74, 6) is 0. The molecule has 3 N–H and O–H groups in total. The molecule has 3 heteroatoms. The Morgan fingerprint density at radius 1 is 1.46 bits per heavy atom. The van der Waals surface area contributed by atoms with Gasteiger partial charge in [-0.25, -0.2) is 0 Å². The third-order valence-electron chi connectivity index (χ3n) is 2.03. The van der Waals surface area contributed by atoms with Gasteiger partial charge in [-0.2, -0.15) is 0 Å². The number of nitrogens with two attached hydrogens (primary N) is 1. The van der Waals surface area contributed by atoms with Crippen LogP contribution in [0.5, 0.6) is 0 Å². The smallest absolute Gasteiger partial charge is 0.0705 e. The molecule has 1 aromatic rings. The summed E-state index contributed by atoms with van der Waals surface area (Å²) in [6.07, 6.45) is -0.530. The molecule has 0 amide bonds. The van der Waals surface area contributed by atoms with Gasteiger partial charge in [-0.3, -0.25) is 0 Å². The van der Waals surface area contributed by atoms with Crippen LogP contribution in [0.2, 0.25) is 0 Å². The largest absolute Gasteiger partial charge is 0.391 e. The van der Waals surface area contributed by atoms with E-state index in [0.29, 0.717) is 0 Å². The summed E-state index contributed by atoms with van der Waals surface area (Å²) >= 11 is 3.41. The molecule has 0 fully saturated rings. The first-order valence-corrected chi connectivity index (χ1v) is 5.01. The van der Waals surface area contributed by atoms with Crippen molar-refractivity contribution in [3.63, 3.8) is 0 Å². The average molecular weight is 244 g/mol. The predicted molar refractivity (Wildman–Crippen MR) is 57.5 cm³/mol. The quantitative estimate of drug-likeness (QED) is 0.837. The molecule has 1 aromatic carbocycles. The number of aliphatic hydroxyl groups excluding tert-OH is 1. The predicted octanol–water partition coefficient (Wildman–Crippen LogP) is 2.14. The highest BCUT2D eigenvalue weighted by molar-refractivity contribution is 9.10. The highest BCUT2D eigenvalue weighted by Crippen LogP contribution is 2.24. The molecule has 0 radical (unpaired) electrons. The molecule has 0 bridgehead atoms. The van der Waals surface area contributed by atoms with Gasteiger partial charge in [-0.1, -0.05) is 33.6 Å². The first-order valence-electron chi connectivity index (χ1n) is 4.22. The second-order valence-electron chi connectivity index (χ2n) is 3.29. The van der Waals surface area contributed by atoms with Crippen molar-refractivity contribution in [3.05, 3.63) is 33.8 Å². The molecule has 0 saturated carbocycles. The second kappa shape index (κ2) is 4.22. The summed E-state index contributed by atoms with van der Waals surface area (Å²) in [5.41, 5.74) is 7.93. The number of halogens is 1. The Morgan fingerprint density at radius 3 is 2.62 bits per heavy atom. The first-order chi connectivity index (χ1) is 6.02. The van der Waals surface area contributed by atoms with Gasteiger partial charge in [0.15, 0.2) is 0 Å².